The summed E-state index contributed by atoms with van der Waals surface area (Å²) in [5.41, 5.74) is 0. The highest BCUT2D eigenvalue weighted by molar-refractivity contribution is 5.92. The van der Waals surface area contributed by atoms with Crippen LogP contribution in [-0.4, -0.2) is 35.2 Å². The first kappa shape index (κ1) is 15.4. The zero-order valence-electron chi connectivity index (χ0n) is 13.4. The SMILES string of the molecule is COc1cc(C(=O)N(C2CCCCC2)C2CCCCC2)on1. The van der Waals surface area contributed by atoms with Crippen LogP contribution in [0.25, 0.3) is 0 Å². The van der Waals surface area contributed by atoms with Gasteiger partial charge < -0.3 is 14.2 Å². The maximum Gasteiger partial charge on any atom is 0.293 e. The number of nitrogens with zero attached hydrogens (tertiary/aromatic N) is 2. The average molecular weight is 306 g/mol. The molecule has 5 heteroatoms. The van der Waals surface area contributed by atoms with Gasteiger partial charge in [0, 0.05) is 12.1 Å². The highest BCUT2D eigenvalue weighted by Crippen LogP contribution is 2.31. The molecule has 1 aromatic rings. The molecule has 122 valence electrons. The zero-order valence-corrected chi connectivity index (χ0v) is 13.4. The van der Waals surface area contributed by atoms with Crippen LogP contribution < -0.4 is 4.74 Å². The molecule has 0 spiro atoms. The standard InChI is InChI=1S/C17H26N2O3/c1-21-16-12-15(22-18-16)17(20)19(13-8-4-2-5-9-13)14-10-6-3-7-11-14/h12-14H,2-11H2,1H3. The van der Waals surface area contributed by atoms with Crippen molar-refractivity contribution >= 4 is 5.91 Å². The molecule has 2 aliphatic carbocycles. The molecule has 2 aliphatic rings. The minimum atomic E-state index is -0.00500. The van der Waals surface area contributed by atoms with Crippen molar-refractivity contribution in [3.05, 3.63) is 11.8 Å². The Bertz CT molecular complexity index is 470. The first-order chi connectivity index (χ1) is 10.8. The lowest BCUT2D eigenvalue weighted by atomic mass is 9.88. The first-order valence-electron chi connectivity index (χ1n) is 8.63. The molecule has 0 aliphatic heterocycles. The second kappa shape index (κ2) is 7.16. The number of amides is 1. The molecule has 3 rings (SSSR count). The number of carbonyl (C=O) groups excluding carboxylic acids is 1. The number of methoxy groups -OCH3 is 1. The summed E-state index contributed by atoms with van der Waals surface area (Å²) in [6.45, 7) is 0. The van der Waals surface area contributed by atoms with Crippen LogP contribution in [0.4, 0.5) is 0 Å². The summed E-state index contributed by atoms with van der Waals surface area (Å²) in [5, 5.41) is 3.78. The number of hydrogen-bond donors (Lipinski definition) is 0. The molecule has 0 unspecified atom stereocenters. The van der Waals surface area contributed by atoms with E-state index in [1.165, 1.54) is 45.6 Å². The summed E-state index contributed by atoms with van der Waals surface area (Å²) in [5.74, 6) is 0.679. The number of aromatic nitrogens is 1. The Labute approximate surface area is 132 Å². The number of carbonyl (C=O) groups is 1. The van der Waals surface area contributed by atoms with E-state index in [-0.39, 0.29) is 5.91 Å². The van der Waals surface area contributed by atoms with E-state index in [1.807, 2.05) is 0 Å². The van der Waals surface area contributed by atoms with Gasteiger partial charge in [-0.1, -0.05) is 38.5 Å². The van der Waals surface area contributed by atoms with Crippen LogP contribution in [0.15, 0.2) is 10.6 Å². The smallest absolute Gasteiger partial charge is 0.293 e. The second-order valence-corrected chi connectivity index (χ2v) is 6.53. The van der Waals surface area contributed by atoms with Crippen LogP contribution in [0.5, 0.6) is 5.88 Å². The van der Waals surface area contributed by atoms with Crippen LogP contribution in [-0.2, 0) is 0 Å². The average Bonchev–Trinajstić information content (AvgIpc) is 3.06. The fraction of sp³-hybridized carbons (Fsp3) is 0.765. The van der Waals surface area contributed by atoms with Gasteiger partial charge >= 0.3 is 0 Å². The molecule has 0 atom stereocenters. The zero-order chi connectivity index (χ0) is 15.4. The third-order valence-electron chi connectivity index (χ3n) is 5.08. The molecule has 1 aromatic heterocycles. The molecular formula is C17H26N2O3. The van der Waals surface area contributed by atoms with Gasteiger partial charge in [-0.15, -0.1) is 0 Å². The molecule has 2 saturated carbocycles. The Balaban J connectivity index is 1.80. The quantitative estimate of drug-likeness (QED) is 0.849. The molecular weight excluding hydrogens is 280 g/mol. The van der Waals surface area contributed by atoms with E-state index in [0.717, 1.165) is 25.7 Å². The normalized spacial score (nSPS) is 20.8. The van der Waals surface area contributed by atoms with Crippen molar-refractivity contribution in [2.75, 3.05) is 7.11 Å². The topological polar surface area (TPSA) is 55.6 Å². The predicted molar refractivity (Wildman–Crippen MR) is 83.0 cm³/mol. The molecule has 5 nitrogen and oxygen atoms in total. The van der Waals surface area contributed by atoms with Crippen LogP contribution in [0, 0.1) is 0 Å². The number of ether oxygens (including phenoxy) is 1. The maximum absolute atomic E-state index is 13.0. The largest absolute Gasteiger partial charge is 0.479 e. The lowest BCUT2D eigenvalue weighted by Gasteiger charge is -2.41. The minimum Gasteiger partial charge on any atom is -0.479 e. The van der Waals surface area contributed by atoms with Crippen LogP contribution in [0.2, 0.25) is 0 Å². The van der Waals surface area contributed by atoms with Gasteiger partial charge in [0.1, 0.15) is 0 Å². The molecule has 0 saturated heterocycles. The lowest BCUT2D eigenvalue weighted by molar-refractivity contribution is 0.0408. The van der Waals surface area contributed by atoms with E-state index >= 15 is 0 Å². The molecule has 1 heterocycles. The Kier molecular flexibility index (Phi) is 5.01. The van der Waals surface area contributed by atoms with E-state index in [0.29, 0.717) is 23.7 Å². The van der Waals surface area contributed by atoms with Crippen LogP contribution >= 0.6 is 0 Å². The maximum atomic E-state index is 13.0. The van der Waals surface area contributed by atoms with Crippen molar-refractivity contribution in [3.8, 4) is 5.88 Å². The Hall–Kier alpha value is -1.52. The van der Waals surface area contributed by atoms with Crippen molar-refractivity contribution in [3.63, 3.8) is 0 Å². The van der Waals surface area contributed by atoms with Crippen molar-refractivity contribution in [2.45, 2.75) is 76.3 Å². The summed E-state index contributed by atoms with van der Waals surface area (Å²) in [6, 6.07) is 2.34. The molecule has 0 aromatic carbocycles. The van der Waals surface area contributed by atoms with E-state index in [1.54, 1.807) is 6.07 Å². The Morgan fingerprint density at radius 2 is 1.64 bits per heavy atom. The van der Waals surface area contributed by atoms with Crippen molar-refractivity contribution in [2.24, 2.45) is 0 Å². The fourth-order valence-electron chi connectivity index (χ4n) is 3.93. The van der Waals surface area contributed by atoms with Crippen molar-refractivity contribution in [1.29, 1.82) is 0 Å². The molecule has 22 heavy (non-hydrogen) atoms. The van der Waals surface area contributed by atoms with Gasteiger partial charge in [-0.3, -0.25) is 4.79 Å². The predicted octanol–water partition coefficient (Wildman–Crippen LogP) is 3.79. The molecule has 0 N–H and O–H groups in total. The van der Waals surface area contributed by atoms with E-state index in [9.17, 15) is 4.79 Å². The van der Waals surface area contributed by atoms with Gasteiger partial charge in [-0.25, -0.2) is 0 Å². The summed E-state index contributed by atoms with van der Waals surface area (Å²) >= 11 is 0. The van der Waals surface area contributed by atoms with E-state index in [4.69, 9.17) is 9.26 Å². The van der Waals surface area contributed by atoms with Gasteiger partial charge in [0.2, 0.25) is 5.76 Å². The number of hydrogen-bond acceptors (Lipinski definition) is 4. The van der Waals surface area contributed by atoms with Gasteiger partial charge in [0.15, 0.2) is 0 Å². The van der Waals surface area contributed by atoms with Gasteiger partial charge in [-0.05, 0) is 30.8 Å². The van der Waals surface area contributed by atoms with Crippen molar-refractivity contribution < 1.29 is 14.1 Å². The van der Waals surface area contributed by atoms with Gasteiger partial charge in [-0.2, -0.15) is 0 Å². The highest BCUT2D eigenvalue weighted by atomic mass is 16.5. The van der Waals surface area contributed by atoms with Gasteiger partial charge in [0.05, 0.1) is 13.2 Å². The van der Waals surface area contributed by atoms with Crippen molar-refractivity contribution in [1.82, 2.24) is 10.1 Å². The summed E-state index contributed by atoms with van der Waals surface area (Å²) in [7, 11) is 1.53. The molecule has 0 bridgehead atoms. The third-order valence-corrected chi connectivity index (χ3v) is 5.08. The minimum absolute atomic E-state index is 0.00500. The molecule has 0 radical (unpaired) electrons. The fourth-order valence-corrected chi connectivity index (χ4v) is 3.93. The highest BCUT2D eigenvalue weighted by Gasteiger charge is 2.34. The van der Waals surface area contributed by atoms with Crippen LogP contribution in [0.3, 0.4) is 0 Å². The molecule has 1 amide bonds. The Morgan fingerprint density at radius 3 is 2.09 bits per heavy atom. The third kappa shape index (κ3) is 3.28. The second-order valence-electron chi connectivity index (χ2n) is 6.53. The van der Waals surface area contributed by atoms with E-state index in [2.05, 4.69) is 10.1 Å². The lowest BCUT2D eigenvalue weighted by Crippen LogP contribution is -2.48. The summed E-state index contributed by atoms with van der Waals surface area (Å²) in [4.78, 5) is 15.1. The van der Waals surface area contributed by atoms with Gasteiger partial charge in [0.25, 0.3) is 11.8 Å². The monoisotopic (exact) mass is 306 g/mol. The van der Waals surface area contributed by atoms with E-state index < -0.39 is 0 Å². The summed E-state index contributed by atoms with van der Waals surface area (Å²) < 4.78 is 10.3. The number of rotatable bonds is 4. The molecule has 2 fully saturated rings. The first-order valence-corrected chi connectivity index (χ1v) is 8.63. The van der Waals surface area contributed by atoms with Crippen LogP contribution in [0.1, 0.15) is 74.8 Å². The Morgan fingerprint density at radius 1 is 1.09 bits per heavy atom. The summed E-state index contributed by atoms with van der Waals surface area (Å²) in [6.07, 6.45) is 11.9.